The molecule has 1 saturated carbocycles. The molecule has 0 aromatic carbocycles. The molecule has 0 spiro atoms. The molecule has 1 rings (SSSR count). The maximum Gasteiger partial charge on any atom is 0.234 e. The molecule has 94 valence electrons. The van der Waals surface area contributed by atoms with Crippen molar-refractivity contribution in [2.75, 3.05) is 26.7 Å². The van der Waals surface area contributed by atoms with E-state index in [1.807, 2.05) is 11.9 Å². The van der Waals surface area contributed by atoms with E-state index in [4.69, 9.17) is 5.73 Å². The zero-order valence-electron chi connectivity index (χ0n) is 10.5. The van der Waals surface area contributed by atoms with Gasteiger partial charge in [-0.2, -0.15) is 0 Å². The van der Waals surface area contributed by atoms with Gasteiger partial charge in [0, 0.05) is 19.1 Å². The lowest BCUT2D eigenvalue weighted by atomic mass is 9.87. The molecule has 1 aliphatic carbocycles. The Bertz CT molecular complexity index is 212. The number of nitrogens with two attached hydrogens (primary N) is 1. The highest BCUT2D eigenvalue weighted by Gasteiger charge is 2.19. The van der Waals surface area contributed by atoms with E-state index in [0.29, 0.717) is 19.1 Å². The summed E-state index contributed by atoms with van der Waals surface area (Å²) in [6.07, 6.45) is 4.74. The fourth-order valence-electron chi connectivity index (χ4n) is 2.22. The molecular weight excluding hydrogens is 202 g/mol. The molecule has 1 aliphatic rings. The smallest absolute Gasteiger partial charge is 0.234 e. The SMILES string of the molecule is CC1CCC(NC(=O)CN(C)CCN)CC1. The predicted molar refractivity (Wildman–Crippen MR) is 66.1 cm³/mol. The van der Waals surface area contributed by atoms with Gasteiger partial charge in [-0.05, 0) is 38.6 Å². The molecule has 0 aromatic heterocycles. The molecule has 4 heteroatoms. The van der Waals surface area contributed by atoms with Crippen LogP contribution in [0.3, 0.4) is 0 Å². The third-order valence-corrected chi connectivity index (χ3v) is 3.31. The van der Waals surface area contributed by atoms with Crippen molar-refractivity contribution in [1.29, 1.82) is 0 Å². The second kappa shape index (κ2) is 6.86. The molecule has 0 aromatic rings. The van der Waals surface area contributed by atoms with Crippen LogP contribution in [0.4, 0.5) is 0 Å². The van der Waals surface area contributed by atoms with E-state index in [2.05, 4.69) is 12.2 Å². The van der Waals surface area contributed by atoms with Crippen molar-refractivity contribution in [3.63, 3.8) is 0 Å². The van der Waals surface area contributed by atoms with Crippen molar-refractivity contribution in [2.45, 2.75) is 38.6 Å². The summed E-state index contributed by atoms with van der Waals surface area (Å²) in [5.41, 5.74) is 5.43. The average Bonchev–Trinajstić information content (AvgIpc) is 2.21. The summed E-state index contributed by atoms with van der Waals surface area (Å²) in [5.74, 6) is 0.962. The Labute approximate surface area is 98.6 Å². The fourth-order valence-corrected chi connectivity index (χ4v) is 2.22. The first kappa shape index (κ1) is 13.5. The lowest BCUT2D eigenvalue weighted by Crippen LogP contribution is -2.43. The van der Waals surface area contributed by atoms with Gasteiger partial charge in [0.05, 0.1) is 6.54 Å². The Morgan fingerprint density at radius 3 is 2.56 bits per heavy atom. The van der Waals surface area contributed by atoms with E-state index >= 15 is 0 Å². The first-order chi connectivity index (χ1) is 7.61. The van der Waals surface area contributed by atoms with Crippen molar-refractivity contribution in [3.05, 3.63) is 0 Å². The van der Waals surface area contributed by atoms with Gasteiger partial charge in [0.2, 0.25) is 5.91 Å². The topological polar surface area (TPSA) is 58.4 Å². The Morgan fingerprint density at radius 1 is 1.38 bits per heavy atom. The summed E-state index contributed by atoms with van der Waals surface area (Å²) in [4.78, 5) is 13.6. The van der Waals surface area contributed by atoms with Crippen LogP contribution in [0.5, 0.6) is 0 Å². The highest BCUT2D eigenvalue weighted by molar-refractivity contribution is 5.78. The maximum absolute atomic E-state index is 11.7. The minimum Gasteiger partial charge on any atom is -0.352 e. The highest BCUT2D eigenvalue weighted by atomic mass is 16.2. The van der Waals surface area contributed by atoms with Gasteiger partial charge in [-0.3, -0.25) is 9.69 Å². The Morgan fingerprint density at radius 2 is 2.00 bits per heavy atom. The summed E-state index contributed by atoms with van der Waals surface area (Å²) in [7, 11) is 1.93. The van der Waals surface area contributed by atoms with Crippen LogP contribution in [0.1, 0.15) is 32.6 Å². The van der Waals surface area contributed by atoms with E-state index in [9.17, 15) is 4.79 Å². The monoisotopic (exact) mass is 227 g/mol. The van der Waals surface area contributed by atoms with E-state index in [1.54, 1.807) is 0 Å². The number of carbonyl (C=O) groups is 1. The number of nitrogens with zero attached hydrogens (tertiary/aromatic N) is 1. The van der Waals surface area contributed by atoms with Crippen LogP contribution in [0.25, 0.3) is 0 Å². The Hall–Kier alpha value is -0.610. The largest absolute Gasteiger partial charge is 0.352 e. The third kappa shape index (κ3) is 4.94. The molecule has 0 atom stereocenters. The third-order valence-electron chi connectivity index (χ3n) is 3.31. The molecule has 16 heavy (non-hydrogen) atoms. The lowest BCUT2D eigenvalue weighted by molar-refractivity contribution is -0.122. The second-order valence-electron chi connectivity index (χ2n) is 5.05. The molecule has 0 saturated heterocycles. The van der Waals surface area contributed by atoms with Crippen LogP contribution < -0.4 is 11.1 Å². The summed E-state index contributed by atoms with van der Waals surface area (Å²) >= 11 is 0. The molecule has 3 N–H and O–H groups in total. The standard InChI is InChI=1S/C12H25N3O/c1-10-3-5-11(6-4-10)14-12(16)9-15(2)8-7-13/h10-11H,3-9,13H2,1-2H3,(H,14,16). The number of hydrogen-bond donors (Lipinski definition) is 2. The summed E-state index contributed by atoms with van der Waals surface area (Å²) < 4.78 is 0. The molecule has 1 amide bonds. The number of likely N-dealkylation sites (N-methyl/N-ethyl adjacent to an activating group) is 1. The van der Waals surface area contributed by atoms with Crippen molar-refractivity contribution >= 4 is 5.91 Å². The summed E-state index contributed by atoms with van der Waals surface area (Å²) in [6.45, 7) is 4.12. The van der Waals surface area contributed by atoms with Gasteiger partial charge in [0.1, 0.15) is 0 Å². The van der Waals surface area contributed by atoms with Gasteiger partial charge >= 0.3 is 0 Å². The number of nitrogens with one attached hydrogen (secondary N) is 1. The minimum absolute atomic E-state index is 0.135. The van der Waals surface area contributed by atoms with Crippen LogP contribution in [0.2, 0.25) is 0 Å². The molecule has 0 radical (unpaired) electrons. The molecular formula is C12H25N3O. The van der Waals surface area contributed by atoms with Crippen molar-refractivity contribution in [3.8, 4) is 0 Å². The number of hydrogen-bond acceptors (Lipinski definition) is 3. The predicted octanol–water partition coefficient (Wildman–Crippen LogP) is 0.572. The summed E-state index contributed by atoms with van der Waals surface area (Å²) in [6, 6.07) is 0.398. The fraction of sp³-hybridized carbons (Fsp3) is 0.917. The van der Waals surface area contributed by atoms with Crippen LogP contribution in [-0.4, -0.2) is 43.5 Å². The zero-order chi connectivity index (χ0) is 12.0. The van der Waals surface area contributed by atoms with Gasteiger partial charge in [-0.25, -0.2) is 0 Å². The Balaban J connectivity index is 2.18. The summed E-state index contributed by atoms with van der Waals surface area (Å²) in [5, 5.41) is 3.11. The quantitative estimate of drug-likeness (QED) is 0.722. The zero-order valence-corrected chi connectivity index (χ0v) is 10.5. The van der Waals surface area contributed by atoms with Crippen LogP contribution in [0, 0.1) is 5.92 Å². The van der Waals surface area contributed by atoms with Crippen LogP contribution in [-0.2, 0) is 4.79 Å². The van der Waals surface area contributed by atoms with Crippen LogP contribution >= 0.6 is 0 Å². The molecule has 0 unspecified atom stereocenters. The van der Waals surface area contributed by atoms with E-state index in [0.717, 1.165) is 25.3 Å². The molecule has 4 nitrogen and oxygen atoms in total. The molecule has 0 bridgehead atoms. The van der Waals surface area contributed by atoms with Crippen molar-refractivity contribution < 1.29 is 4.79 Å². The van der Waals surface area contributed by atoms with E-state index in [1.165, 1.54) is 12.8 Å². The first-order valence-electron chi connectivity index (χ1n) is 6.29. The van der Waals surface area contributed by atoms with Gasteiger partial charge in [0.15, 0.2) is 0 Å². The van der Waals surface area contributed by atoms with Crippen molar-refractivity contribution in [2.24, 2.45) is 11.7 Å². The van der Waals surface area contributed by atoms with Gasteiger partial charge < -0.3 is 11.1 Å². The van der Waals surface area contributed by atoms with Gasteiger partial charge in [-0.15, -0.1) is 0 Å². The molecule has 0 heterocycles. The molecule has 0 aliphatic heterocycles. The number of amides is 1. The minimum atomic E-state index is 0.135. The van der Waals surface area contributed by atoms with E-state index < -0.39 is 0 Å². The number of carbonyl (C=O) groups excluding carboxylic acids is 1. The number of rotatable bonds is 5. The average molecular weight is 227 g/mol. The van der Waals surface area contributed by atoms with Crippen molar-refractivity contribution in [1.82, 2.24) is 10.2 Å². The van der Waals surface area contributed by atoms with Gasteiger partial charge in [0.25, 0.3) is 0 Å². The van der Waals surface area contributed by atoms with Gasteiger partial charge in [-0.1, -0.05) is 6.92 Å². The Kier molecular flexibility index (Phi) is 5.77. The normalized spacial score (nSPS) is 25.8. The van der Waals surface area contributed by atoms with Crippen LogP contribution in [0.15, 0.2) is 0 Å². The maximum atomic E-state index is 11.7. The second-order valence-corrected chi connectivity index (χ2v) is 5.05. The molecule has 1 fully saturated rings. The highest BCUT2D eigenvalue weighted by Crippen LogP contribution is 2.23. The lowest BCUT2D eigenvalue weighted by Gasteiger charge is -2.27. The first-order valence-corrected chi connectivity index (χ1v) is 6.29. The van der Waals surface area contributed by atoms with E-state index in [-0.39, 0.29) is 5.91 Å².